The number of guanidine groups is 1. The lowest BCUT2D eigenvalue weighted by atomic mass is 10.2. The Morgan fingerprint density at radius 3 is 2.71 bits per heavy atom. The summed E-state index contributed by atoms with van der Waals surface area (Å²) in [6.45, 7) is 3.83. The first-order valence-corrected chi connectivity index (χ1v) is 10.2. The van der Waals surface area contributed by atoms with Crippen LogP contribution in [-0.2, 0) is 16.0 Å². The maximum atomic E-state index is 6.21. The first-order chi connectivity index (χ1) is 13.3. The van der Waals surface area contributed by atoms with Crippen molar-refractivity contribution >= 4 is 29.9 Å². The number of halogens is 1. The number of benzene rings is 1. The summed E-state index contributed by atoms with van der Waals surface area (Å²) in [6, 6.07) is 8.27. The number of nitrogens with one attached hydrogen (secondary N) is 2. The minimum absolute atomic E-state index is 0. The summed E-state index contributed by atoms with van der Waals surface area (Å²) in [5.74, 6) is 1.79. The Hall–Kier alpha value is -1.06. The van der Waals surface area contributed by atoms with Crippen LogP contribution in [0.15, 0.2) is 29.3 Å². The van der Waals surface area contributed by atoms with Crippen LogP contribution in [-0.4, -0.2) is 51.6 Å². The van der Waals surface area contributed by atoms with E-state index in [2.05, 4.69) is 33.8 Å². The number of hydrogen-bond donors (Lipinski definition) is 2. The molecule has 1 saturated carbocycles. The van der Waals surface area contributed by atoms with Crippen molar-refractivity contribution in [3.05, 3.63) is 29.8 Å². The van der Waals surface area contributed by atoms with Crippen LogP contribution in [0.1, 0.15) is 44.1 Å². The van der Waals surface area contributed by atoms with Crippen molar-refractivity contribution in [3.63, 3.8) is 0 Å². The van der Waals surface area contributed by atoms with Gasteiger partial charge in [-0.1, -0.05) is 18.2 Å². The van der Waals surface area contributed by atoms with Crippen LogP contribution < -0.4 is 15.4 Å². The van der Waals surface area contributed by atoms with Crippen molar-refractivity contribution in [2.45, 2.75) is 57.3 Å². The van der Waals surface area contributed by atoms with Crippen LogP contribution in [0.25, 0.3) is 0 Å². The van der Waals surface area contributed by atoms with E-state index in [0.29, 0.717) is 12.6 Å². The number of rotatable bonds is 9. The molecule has 1 atom stereocenters. The molecule has 3 rings (SSSR count). The van der Waals surface area contributed by atoms with Gasteiger partial charge in [0.2, 0.25) is 0 Å². The third-order valence-electron chi connectivity index (χ3n) is 5.09. The molecule has 1 heterocycles. The minimum Gasteiger partial charge on any atom is -0.490 e. The molecule has 1 aliphatic carbocycles. The monoisotopic (exact) mass is 503 g/mol. The standard InChI is InChI=1S/C21H33N3O3.HI/c1-22-21(23-12-6-13-26-19-11-14-25-16-19)24-15-17-7-2-5-10-20(17)27-18-8-3-4-9-18;/h2,5,7,10,18-19H,3-4,6,8-9,11-16H2,1H3,(H2,22,23,24);1H. The Morgan fingerprint density at radius 2 is 1.96 bits per heavy atom. The average Bonchev–Trinajstić information content (AvgIpc) is 3.39. The van der Waals surface area contributed by atoms with Crippen molar-refractivity contribution in [1.82, 2.24) is 10.6 Å². The molecule has 1 aliphatic heterocycles. The molecular weight excluding hydrogens is 469 g/mol. The molecule has 6 nitrogen and oxygen atoms in total. The van der Waals surface area contributed by atoms with Gasteiger partial charge in [-0.2, -0.15) is 0 Å². The Kier molecular flexibility index (Phi) is 11.0. The number of hydrogen-bond acceptors (Lipinski definition) is 4. The molecule has 1 aromatic rings. The van der Waals surface area contributed by atoms with Gasteiger partial charge in [-0.25, -0.2) is 0 Å². The summed E-state index contributed by atoms with van der Waals surface area (Å²) in [5.41, 5.74) is 1.16. The van der Waals surface area contributed by atoms with Crippen LogP contribution in [0.4, 0.5) is 0 Å². The molecule has 1 unspecified atom stereocenters. The first kappa shape index (κ1) is 23.2. The van der Waals surface area contributed by atoms with Crippen molar-refractivity contribution in [2.24, 2.45) is 4.99 Å². The van der Waals surface area contributed by atoms with Gasteiger partial charge < -0.3 is 24.8 Å². The lowest BCUT2D eigenvalue weighted by molar-refractivity contribution is 0.0420. The Balaban J connectivity index is 0.00000280. The van der Waals surface area contributed by atoms with Gasteiger partial charge in [0.1, 0.15) is 5.75 Å². The zero-order valence-corrected chi connectivity index (χ0v) is 19.2. The Morgan fingerprint density at radius 1 is 1.14 bits per heavy atom. The zero-order chi connectivity index (χ0) is 18.7. The molecule has 158 valence electrons. The van der Waals surface area contributed by atoms with Gasteiger partial charge in [-0.15, -0.1) is 24.0 Å². The molecule has 0 bridgehead atoms. The minimum atomic E-state index is 0. The lowest BCUT2D eigenvalue weighted by Crippen LogP contribution is -2.37. The zero-order valence-electron chi connectivity index (χ0n) is 16.8. The van der Waals surface area contributed by atoms with E-state index in [1.54, 1.807) is 7.05 Å². The van der Waals surface area contributed by atoms with Crippen molar-refractivity contribution < 1.29 is 14.2 Å². The first-order valence-electron chi connectivity index (χ1n) is 10.2. The molecule has 0 radical (unpaired) electrons. The number of nitrogens with zero attached hydrogens (tertiary/aromatic N) is 1. The van der Waals surface area contributed by atoms with Gasteiger partial charge >= 0.3 is 0 Å². The molecule has 0 aromatic heterocycles. The molecule has 0 spiro atoms. The fourth-order valence-electron chi connectivity index (χ4n) is 3.52. The summed E-state index contributed by atoms with van der Waals surface area (Å²) in [7, 11) is 1.79. The second-order valence-corrected chi connectivity index (χ2v) is 7.19. The molecule has 1 aromatic carbocycles. The summed E-state index contributed by atoms with van der Waals surface area (Å²) < 4.78 is 17.3. The van der Waals surface area contributed by atoms with Crippen LogP contribution in [0.3, 0.4) is 0 Å². The molecular formula is C21H34IN3O3. The normalized spacial score (nSPS) is 20.0. The van der Waals surface area contributed by atoms with Gasteiger partial charge in [0.25, 0.3) is 0 Å². The SMILES string of the molecule is CN=C(NCCCOC1CCOC1)NCc1ccccc1OC1CCCC1.I. The van der Waals surface area contributed by atoms with Gasteiger partial charge in [0, 0.05) is 38.9 Å². The largest absolute Gasteiger partial charge is 0.490 e. The second kappa shape index (κ2) is 13.2. The quantitative estimate of drug-likeness (QED) is 0.234. The number of para-hydroxylation sites is 1. The summed E-state index contributed by atoms with van der Waals surface area (Å²) in [6.07, 6.45) is 7.49. The molecule has 1 saturated heterocycles. The topological polar surface area (TPSA) is 64.1 Å². The summed E-state index contributed by atoms with van der Waals surface area (Å²) in [5, 5.41) is 6.73. The second-order valence-electron chi connectivity index (χ2n) is 7.19. The van der Waals surface area contributed by atoms with Gasteiger partial charge in [-0.3, -0.25) is 4.99 Å². The van der Waals surface area contributed by atoms with E-state index in [1.807, 2.05) is 6.07 Å². The molecule has 0 amide bonds. The highest BCUT2D eigenvalue weighted by Crippen LogP contribution is 2.26. The summed E-state index contributed by atoms with van der Waals surface area (Å²) in [4.78, 5) is 4.30. The maximum Gasteiger partial charge on any atom is 0.191 e. The molecule has 7 heteroatoms. The maximum absolute atomic E-state index is 6.21. The highest BCUT2D eigenvalue weighted by Gasteiger charge is 2.18. The molecule has 2 fully saturated rings. The van der Waals surface area contributed by atoms with Crippen molar-refractivity contribution in [3.8, 4) is 5.75 Å². The smallest absolute Gasteiger partial charge is 0.191 e. The van der Waals surface area contributed by atoms with E-state index < -0.39 is 0 Å². The predicted molar refractivity (Wildman–Crippen MR) is 123 cm³/mol. The highest BCUT2D eigenvalue weighted by molar-refractivity contribution is 14.0. The Bertz CT molecular complexity index is 588. The van der Waals surface area contributed by atoms with Crippen molar-refractivity contribution in [1.29, 1.82) is 0 Å². The highest BCUT2D eigenvalue weighted by atomic mass is 127. The van der Waals surface area contributed by atoms with E-state index in [1.165, 1.54) is 25.7 Å². The van der Waals surface area contributed by atoms with Crippen LogP contribution in [0.5, 0.6) is 5.75 Å². The van der Waals surface area contributed by atoms with Gasteiger partial charge in [-0.05, 0) is 44.6 Å². The van der Waals surface area contributed by atoms with Crippen LogP contribution in [0.2, 0.25) is 0 Å². The number of ether oxygens (including phenoxy) is 3. The van der Waals surface area contributed by atoms with Crippen LogP contribution in [0, 0.1) is 0 Å². The Labute approximate surface area is 185 Å². The lowest BCUT2D eigenvalue weighted by Gasteiger charge is -2.18. The van der Waals surface area contributed by atoms with E-state index in [-0.39, 0.29) is 30.1 Å². The van der Waals surface area contributed by atoms with E-state index in [0.717, 1.165) is 56.5 Å². The average molecular weight is 503 g/mol. The van der Waals surface area contributed by atoms with Gasteiger partial charge in [0.15, 0.2) is 5.96 Å². The fraction of sp³-hybridized carbons (Fsp3) is 0.667. The molecule has 28 heavy (non-hydrogen) atoms. The van der Waals surface area contributed by atoms with Gasteiger partial charge in [0.05, 0.1) is 18.8 Å². The van der Waals surface area contributed by atoms with Crippen molar-refractivity contribution in [2.75, 3.05) is 33.4 Å². The van der Waals surface area contributed by atoms with E-state index in [9.17, 15) is 0 Å². The fourth-order valence-corrected chi connectivity index (χ4v) is 3.52. The molecule has 2 N–H and O–H groups in total. The molecule has 2 aliphatic rings. The van der Waals surface area contributed by atoms with Crippen LogP contribution >= 0.6 is 24.0 Å². The van der Waals surface area contributed by atoms with E-state index >= 15 is 0 Å². The predicted octanol–water partition coefficient (Wildman–Crippen LogP) is 3.49. The van der Waals surface area contributed by atoms with E-state index in [4.69, 9.17) is 14.2 Å². The third-order valence-corrected chi connectivity index (χ3v) is 5.09. The summed E-state index contributed by atoms with van der Waals surface area (Å²) >= 11 is 0. The third kappa shape index (κ3) is 7.75. The number of aliphatic imine (C=N–C) groups is 1.